The van der Waals surface area contributed by atoms with Crippen molar-refractivity contribution in [2.75, 3.05) is 31.1 Å². The van der Waals surface area contributed by atoms with Crippen molar-refractivity contribution in [1.29, 1.82) is 0 Å². The van der Waals surface area contributed by atoms with E-state index in [1.54, 1.807) is 36.9 Å². The number of furan rings is 1. The van der Waals surface area contributed by atoms with Gasteiger partial charge in [-0.15, -0.1) is 0 Å². The van der Waals surface area contributed by atoms with E-state index in [1.165, 1.54) is 17.2 Å². The fourth-order valence-corrected chi connectivity index (χ4v) is 4.28. The van der Waals surface area contributed by atoms with E-state index >= 15 is 0 Å². The van der Waals surface area contributed by atoms with Crippen LogP contribution in [0.2, 0.25) is 0 Å². The zero-order chi connectivity index (χ0) is 26.0. The molecule has 0 unspecified atom stereocenters. The van der Waals surface area contributed by atoms with E-state index in [2.05, 4.69) is 10.3 Å². The van der Waals surface area contributed by atoms with Crippen LogP contribution in [0.4, 0.5) is 18.9 Å². The molecule has 3 heterocycles. The second-order valence-corrected chi connectivity index (χ2v) is 8.54. The van der Waals surface area contributed by atoms with Gasteiger partial charge in [-0.05, 0) is 49.7 Å². The molecule has 1 aromatic carbocycles. The molecule has 36 heavy (non-hydrogen) atoms. The first kappa shape index (κ1) is 25.1. The molecule has 3 aromatic rings. The van der Waals surface area contributed by atoms with Gasteiger partial charge in [0.1, 0.15) is 11.5 Å². The molecule has 1 fully saturated rings. The minimum Gasteiger partial charge on any atom is -0.467 e. The second kappa shape index (κ2) is 9.92. The number of hydrogen-bond donors (Lipinski definition) is 2. The summed E-state index contributed by atoms with van der Waals surface area (Å²) >= 11 is 0. The van der Waals surface area contributed by atoms with E-state index in [-0.39, 0.29) is 44.0 Å². The highest BCUT2D eigenvalue weighted by Gasteiger charge is 2.33. The number of aryl methyl sites for hydroxylation is 1. The Morgan fingerprint density at radius 1 is 1.06 bits per heavy atom. The number of nitrogens with one attached hydrogen (secondary N) is 2. The summed E-state index contributed by atoms with van der Waals surface area (Å²) in [5, 5.41) is 2.70. The zero-order valence-corrected chi connectivity index (χ0v) is 19.7. The molecule has 11 heteroatoms. The molecule has 0 atom stereocenters. The first-order chi connectivity index (χ1) is 17.1. The maximum absolute atomic E-state index is 13.1. The van der Waals surface area contributed by atoms with Gasteiger partial charge in [-0.1, -0.05) is 6.07 Å². The van der Waals surface area contributed by atoms with Gasteiger partial charge in [0.15, 0.2) is 0 Å². The van der Waals surface area contributed by atoms with E-state index in [9.17, 15) is 27.6 Å². The molecule has 2 amide bonds. The van der Waals surface area contributed by atoms with E-state index in [1.807, 2.05) is 0 Å². The third-order valence-electron chi connectivity index (χ3n) is 6.19. The van der Waals surface area contributed by atoms with E-state index < -0.39 is 29.3 Å². The number of nitrogens with zero attached hydrogens (tertiary/aromatic N) is 2. The third-order valence-corrected chi connectivity index (χ3v) is 6.19. The number of H-pyrrole nitrogens is 1. The van der Waals surface area contributed by atoms with E-state index in [0.29, 0.717) is 22.7 Å². The van der Waals surface area contributed by atoms with Crippen LogP contribution in [0.25, 0.3) is 0 Å². The monoisotopic (exact) mass is 502 g/mol. The Hall–Kier alpha value is -4.02. The summed E-state index contributed by atoms with van der Waals surface area (Å²) in [5.74, 6) is -1.32. The number of benzene rings is 1. The van der Waals surface area contributed by atoms with Crippen LogP contribution in [0.5, 0.6) is 0 Å². The minimum atomic E-state index is -4.44. The van der Waals surface area contributed by atoms with Crippen LogP contribution in [0.1, 0.15) is 43.4 Å². The lowest BCUT2D eigenvalue weighted by Gasteiger charge is -2.36. The van der Waals surface area contributed by atoms with Crippen molar-refractivity contribution in [3.63, 3.8) is 0 Å². The number of carbonyl (C=O) groups excluding carboxylic acids is 3. The number of Topliss-reactive ketones (excluding diaryl/α,β-unsaturated/α-hetero) is 1. The fourth-order valence-electron chi connectivity index (χ4n) is 4.28. The lowest BCUT2D eigenvalue weighted by molar-refractivity contribution is -0.137. The highest BCUT2D eigenvalue weighted by Crippen LogP contribution is 2.32. The van der Waals surface area contributed by atoms with Crippen LogP contribution in [0.3, 0.4) is 0 Å². The maximum Gasteiger partial charge on any atom is 0.416 e. The summed E-state index contributed by atoms with van der Waals surface area (Å²) in [5.41, 5.74) is 0.761. The highest BCUT2D eigenvalue weighted by atomic mass is 19.4. The quantitative estimate of drug-likeness (QED) is 0.396. The molecule has 0 bridgehead atoms. The van der Waals surface area contributed by atoms with Crippen molar-refractivity contribution < 1.29 is 32.0 Å². The summed E-state index contributed by atoms with van der Waals surface area (Å²) in [6.45, 7) is 4.30. The normalized spacial score (nSPS) is 14.1. The summed E-state index contributed by atoms with van der Waals surface area (Å²) in [7, 11) is 0. The topological polar surface area (TPSA) is 98.6 Å². The van der Waals surface area contributed by atoms with E-state index in [0.717, 1.165) is 12.1 Å². The Morgan fingerprint density at radius 3 is 2.42 bits per heavy atom. The summed E-state index contributed by atoms with van der Waals surface area (Å²) in [4.78, 5) is 44.7. The van der Waals surface area contributed by atoms with Crippen LogP contribution in [-0.4, -0.2) is 53.7 Å². The van der Waals surface area contributed by atoms with Gasteiger partial charge in [-0.3, -0.25) is 14.4 Å². The van der Waals surface area contributed by atoms with Crippen LogP contribution in [-0.2, 0) is 17.5 Å². The van der Waals surface area contributed by atoms with Crippen LogP contribution in [0.15, 0.2) is 47.1 Å². The number of anilines is 1. The van der Waals surface area contributed by atoms with Gasteiger partial charge in [0.25, 0.3) is 17.6 Å². The predicted molar refractivity (Wildman–Crippen MR) is 125 cm³/mol. The minimum absolute atomic E-state index is 0.142. The number of aromatic nitrogens is 1. The number of aromatic amines is 1. The summed E-state index contributed by atoms with van der Waals surface area (Å²) < 4.78 is 44.3. The molecule has 2 aromatic heterocycles. The number of carbonyl (C=O) groups is 3. The number of halogens is 3. The second-order valence-electron chi connectivity index (χ2n) is 8.54. The Bertz CT molecular complexity index is 1270. The zero-order valence-electron chi connectivity index (χ0n) is 19.7. The summed E-state index contributed by atoms with van der Waals surface area (Å²) in [6.07, 6.45) is -2.95. The van der Waals surface area contributed by atoms with Crippen molar-refractivity contribution in [2.45, 2.75) is 26.6 Å². The number of hydrogen-bond acceptors (Lipinski definition) is 5. The smallest absolute Gasteiger partial charge is 0.416 e. The van der Waals surface area contributed by atoms with Gasteiger partial charge in [0, 0.05) is 37.6 Å². The van der Waals surface area contributed by atoms with Gasteiger partial charge < -0.3 is 24.5 Å². The number of rotatable bonds is 6. The lowest BCUT2D eigenvalue weighted by atomic mass is 10.0. The number of piperazine rings is 1. The SMILES string of the molecule is Cc1[nH]c(C(=O)NCc2ccco2)c(C)c1C(=O)C(=O)N1CCN(c2cccc(C(F)(F)F)c2)CC1. The van der Waals surface area contributed by atoms with Crippen LogP contribution >= 0.6 is 0 Å². The van der Waals surface area contributed by atoms with Crippen molar-refractivity contribution in [1.82, 2.24) is 15.2 Å². The number of amides is 2. The largest absolute Gasteiger partial charge is 0.467 e. The van der Waals surface area contributed by atoms with Crippen molar-refractivity contribution >= 4 is 23.3 Å². The first-order valence-corrected chi connectivity index (χ1v) is 11.3. The third kappa shape index (κ3) is 5.14. The van der Waals surface area contributed by atoms with Crippen molar-refractivity contribution in [3.05, 3.63) is 76.5 Å². The predicted octanol–water partition coefficient (Wildman–Crippen LogP) is 3.70. The molecule has 4 rings (SSSR count). The average molecular weight is 502 g/mol. The van der Waals surface area contributed by atoms with Gasteiger partial charge in [0.2, 0.25) is 0 Å². The van der Waals surface area contributed by atoms with Crippen molar-refractivity contribution in [3.8, 4) is 0 Å². The average Bonchev–Trinajstić information content (AvgIpc) is 3.49. The Morgan fingerprint density at radius 2 is 1.78 bits per heavy atom. The molecule has 0 radical (unpaired) electrons. The van der Waals surface area contributed by atoms with Gasteiger partial charge in [-0.2, -0.15) is 13.2 Å². The van der Waals surface area contributed by atoms with Crippen LogP contribution < -0.4 is 10.2 Å². The molecule has 0 saturated carbocycles. The fraction of sp³-hybridized carbons (Fsp3) is 0.320. The highest BCUT2D eigenvalue weighted by molar-refractivity contribution is 6.43. The Balaban J connectivity index is 1.41. The number of alkyl halides is 3. The Kier molecular flexibility index (Phi) is 6.91. The standard InChI is InChI=1S/C25H25F3N4O4/c1-15-20(16(2)30-21(15)23(34)29-14-19-7-4-12-36-19)22(33)24(35)32-10-8-31(9-11-32)18-6-3-5-17(13-18)25(26,27)28/h3-7,12-13,30H,8-11,14H2,1-2H3,(H,29,34). The Labute approximate surface area is 205 Å². The molecular weight excluding hydrogens is 477 g/mol. The maximum atomic E-state index is 13.1. The molecule has 0 spiro atoms. The molecule has 1 saturated heterocycles. The van der Waals surface area contributed by atoms with E-state index in [4.69, 9.17) is 4.42 Å². The molecule has 1 aliphatic heterocycles. The molecule has 8 nitrogen and oxygen atoms in total. The molecular formula is C25H25F3N4O4. The molecule has 2 N–H and O–H groups in total. The first-order valence-electron chi connectivity index (χ1n) is 11.3. The van der Waals surface area contributed by atoms with Gasteiger partial charge in [0.05, 0.1) is 23.9 Å². The molecule has 1 aliphatic rings. The molecule has 0 aliphatic carbocycles. The lowest BCUT2D eigenvalue weighted by Crippen LogP contribution is -2.50. The van der Waals surface area contributed by atoms with Crippen molar-refractivity contribution in [2.24, 2.45) is 0 Å². The molecule has 190 valence electrons. The van der Waals surface area contributed by atoms with Gasteiger partial charge >= 0.3 is 6.18 Å². The van der Waals surface area contributed by atoms with Gasteiger partial charge in [-0.25, -0.2) is 0 Å². The van der Waals surface area contributed by atoms with Crippen LogP contribution in [0, 0.1) is 13.8 Å². The number of ketones is 1. The summed E-state index contributed by atoms with van der Waals surface area (Å²) in [6, 6.07) is 8.44.